The van der Waals surface area contributed by atoms with Gasteiger partial charge in [-0.3, -0.25) is 4.79 Å². The van der Waals surface area contributed by atoms with Crippen molar-refractivity contribution in [3.63, 3.8) is 0 Å². The molecule has 0 unspecified atom stereocenters. The summed E-state index contributed by atoms with van der Waals surface area (Å²) in [5.74, 6) is 1.40. The number of ether oxygens (including phenoxy) is 1. The highest BCUT2D eigenvalue weighted by molar-refractivity contribution is 7.16. The highest BCUT2D eigenvalue weighted by Gasteiger charge is 2.38. The molecule has 1 aliphatic carbocycles. The molecule has 192 valence electrons. The number of thiazole rings is 1. The van der Waals surface area contributed by atoms with Gasteiger partial charge in [-0.25, -0.2) is 24.6 Å². The van der Waals surface area contributed by atoms with Crippen LogP contribution in [0.2, 0.25) is 0 Å². The van der Waals surface area contributed by atoms with Crippen LogP contribution in [0.4, 0.5) is 18.2 Å². The number of halogens is 3. The van der Waals surface area contributed by atoms with Gasteiger partial charge >= 0.3 is 6.18 Å². The second kappa shape index (κ2) is 9.73. The Balaban J connectivity index is 1.32. The number of amides is 1. The van der Waals surface area contributed by atoms with Crippen LogP contribution < -0.4 is 4.90 Å². The number of nitrogens with zero attached hydrogens (tertiary/aromatic N) is 8. The Kier molecular flexibility index (Phi) is 6.64. The molecular formula is C22H25F3N8O2S. The maximum atomic E-state index is 13.6. The normalized spacial score (nSPS) is 18.6. The van der Waals surface area contributed by atoms with Crippen molar-refractivity contribution in [1.29, 1.82) is 0 Å². The van der Waals surface area contributed by atoms with Gasteiger partial charge in [0.1, 0.15) is 36.0 Å². The quantitative estimate of drug-likeness (QED) is 0.467. The topological polar surface area (TPSA) is 102 Å². The van der Waals surface area contributed by atoms with E-state index in [4.69, 9.17) is 4.74 Å². The van der Waals surface area contributed by atoms with Gasteiger partial charge in [0.25, 0.3) is 0 Å². The van der Waals surface area contributed by atoms with Gasteiger partial charge in [-0.2, -0.15) is 18.3 Å². The number of hydrogen-bond acceptors (Lipinski definition) is 9. The van der Waals surface area contributed by atoms with Crippen LogP contribution in [0.1, 0.15) is 42.3 Å². The van der Waals surface area contributed by atoms with Crippen LogP contribution in [0, 0.1) is 0 Å². The number of anilines is 1. The van der Waals surface area contributed by atoms with E-state index >= 15 is 0 Å². The van der Waals surface area contributed by atoms with Crippen molar-refractivity contribution >= 4 is 22.2 Å². The molecule has 2 fully saturated rings. The van der Waals surface area contributed by atoms with Crippen molar-refractivity contribution in [2.45, 2.75) is 51.1 Å². The lowest BCUT2D eigenvalue weighted by Gasteiger charge is -2.40. The molecule has 0 spiro atoms. The largest absolute Gasteiger partial charge is 0.443 e. The zero-order valence-corrected chi connectivity index (χ0v) is 20.6. The molecule has 2 aliphatic rings. The molecule has 1 amide bonds. The van der Waals surface area contributed by atoms with Crippen LogP contribution in [-0.2, 0) is 28.9 Å². The molecule has 14 heteroatoms. The summed E-state index contributed by atoms with van der Waals surface area (Å²) in [7, 11) is 1.54. The number of methoxy groups -OCH3 is 1. The molecule has 1 saturated carbocycles. The predicted octanol–water partition coefficient (Wildman–Crippen LogP) is 2.97. The van der Waals surface area contributed by atoms with Crippen LogP contribution in [0.3, 0.4) is 0 Å². The number of piperazine rings is 1. The molecule has 5 rings (SSSR count). The minimum Gasteiger partial charge on any atom is -0.377 e. The molecule has 4 heterocycles. The van der Waals surface area contributed by atoms with Gasteiger partial charge in [-0.15, -0.1) is 0 Å². The van der Waals surface area contributed by atoms with E-state index in [1.165, 1.54) is 18.1 Å². The summed E-state index contributed by atoms with van der Waals surface area (Å²) in [6, 6.07) is -0.231. The molecule has 1 saturated heterocycles. The van der Waals surface area contributed by atoms with E-state index in [0.717, 1.165) is 12.8 Å². The van der Waals surface area contributed by atoms with Crippen LogP contribution >= 0.6 is 11.3 Å². The molecular weight excluding hydrogens is 497 g/mol. The number of alkyl halides is 3. The van der Waals surface area contributed by atoms with Gasteiger partial charge in [0, 0.05) is 56.7 Å². The van der Waals surface area contributed by atoms with Crippen molar-refractivity contribution in [3.8, 4) is 11.3 Å². The third-order valence-corrected chi connectivity index (χ3v) is 7.29. The Morgan fingerprint density at radius 3 is 2.58 bits per heavy atom. The number of carbonyl (C=O) groups is 1. The van der Waals surface area contributed by atoms with Gasteiger partial charge in [-0.1, -0.05) is 11.3 Å². The van der Waals surface area contributed by atoms with Gasteiger partial charge < -0.3 is 14.5 Å². The maximum Gasteiger partial charge on any atom is 0.443 e. The van der Waals surface area contributed by atoms with E-state index in [-0.39, 0.29) is 30.8 Å². The van der Waals surface area contributed by atoms with E-state index in [2.05, 4.69) is 25.0 Å². The Bertz CT molecular complexity index is 1220. The predicted molar refractivity (Wildman–Crippen MR) is 124 cm³/mol. The number of aromatic nitrogens is 6. The van der Waals surface area contributed by atoms with Gasteiger partial charge in [0.2, 0.25) is 10.9 Å². The fraction of sp³-hybridized carbons (Fsp3) is 0.545. The van der Waals surface area contributed by atoms with Crippen molar-refractivity contribution in [1.82, 2.24) is 34.6 Å². The SMILES string of the molecule is COCc1ncn(CC(=O)N2CCN(c3sc(C(F)(F)F)nc3-c3cnc(C4CC4)nc3)C[C@H]2C)n1. The molecule has 0 radical (unpaired) electrons. The Morgan fingerprint density at radius 1 is 1.19 bits per heavy atom. The van der Waals surface area contributed by atoms with Crippen LogP contribution in [0.5, 0.6) is 0 Å². The summed E-state index contributed by atoms with van der Waals surface area (Å²) >= 11 is 0.609. The summed E-state index contributed by atoms with van der Waals surface area (Å²) in [5.41, 5.74) is 0.667. The lowest BCUT2D eigenvalue weighted by Crippen LogP contribution is -2.54. The van der Waals surface area contributed by atoms with Gasteiger partial charge in [0.05, 0.1) is 0 Å². The summed E-state index contributed by atoms with van der Waals surface area (Å²) in [6.45, 7) is 3.25. The maximum absolute atomic E-state index is 13.6. The standard InChI is InChI=1S/C22H25F3N8O2S/c1-13-9-31(5-6-33(13)17(34)10-32-12-28-16(30-32)11-35-2)20-18(29-21(36-20)22(23,24)25)15-7-26-19(27-8-15)14-3-4-14/h7-8,12-14H,3-6,9-11H2,1-2H3/t13-/m1/s1. The van der Waals surface area contributed by atoms with Crippen LogP contribution in [0.25, 0.3) is 11.3 Å². The fourth-order valence-corrected chi connectivity index (χ4v) is 5.19. The van der Waals surface area contributed by atoms with Gasteiger partial charge in [0.15, 0.2) is 5.82 Å². The average Bonchev–Trinajstić information content (AvgIpc) is 3.43. The summed E-state index contributed by atoms with van der Waals surface area (Å²) in [4.78, 5) is 33.2. The third-order valence-electron chi connectivity index (χ3n) is 6.13. The zero-order valence-electron chi connectivity index (χ0n) is 19.8. The van der Waals surface area contributed by atoms with Crippen molar-refractivity contribution in [2.75, 3.05) is 31.6 Å². The molecule has 36 heavy (non-hydrogen) atoms. The number of hydrogen-bond donors (Lipinski definition) is 0. The highest BCUT2D eigenvalue weighted by atomic mass is 32.1. The summed E-state index contributed by atoms with van der Waals surface area (Å²) in [6.07, 6.45) is 2.09. The second-order valence-corrected chi connectivity index (χ2v) is 9.93. The van der Waals surface area contributed by atoms with E-state index < -0.39 is 11.2 Å². The van der Waals surface area contributed by atoms with Crippen LogP contribution in [-0.4, -0.2) is 73.3 Å². The molecule has 0 aromatic carbocycles. The number of rotatable bonds is 7. The zero-order chi connectivity index (χ0) is 25.4. The monoisotopic (exact) mass is 522 g/mol. The Labute approximate surface area is 209 Å². The molecule has 3 aromatic rings. The minimum atomic E-state index is -4.56. The minimum absolute atomic E-state index is 0.0236. The van der Waals surface area contributed by atoms with E-state index in [0.29, 0.717) is 59.1 Å². The van der Waals surface area contributed by atoms with Crippen molar-refractivity contribution in [3.05, 3.63) is 35.4 Å². The molecule has 3 aromatic heterocycles. The van der Waals surface area contributed by atoms with E-state index in [1.807, 2.05) is 11.8 Å². The highest BCUT2D eigenvalue weighted by Crippen LogP contribution is 2.43. The molecule has 1 aliphatic heterocycles. The van der Waals surface area contributed by atoms with Crippen molar-refractivity contribution < 1.29 is 22.7 Å². The first-order chi connectivity index (χ1) is 17.2. The Morgan fingerprint density at radius 2 is 1.94 bits per heavy atom. The number of carbonyl (C=O) groups excluding carboxylic acids is 1. The first-order valence-electron chi connectivity index (χ1n) is 11.5. The molecule has 10 nitrogen and oxygen atoms in total. The van der Waals surface area contributed by atoms with E-state index in [9.17, 15) is 18.0 Å². The van der Waals surface area contributed by atoms with Crippen LogP contribution in [0.15, 0.2) is 18.7 Å². The lowest BCUT2D eigenvalue weighted by molar-refractivity contribution is -0.137. The smallest absolute Gasteiger partial charge is 0.377 e. The average molecular weight is 523 g/mol. The lowest BCUT2D eigenvalue weighted by atomic mass is 10.1. The second-order valence-electron chi connectivity index (χ2n) is 8.95. The van der Waals surface area contributed by atoms with Gasteiger partial charge in [-0.05, 0) is 19.8 Å². The molecule has 0 bridgehead atoms. The Hall–Kier alpha value is -3.13. The third kappa shape index (κ3) is 5.19. The van der Waals surface area contributed by atoms with E-state index in [1.54, 1.807) is 17.3 Å². The first-order valence-corrected chi connectivity index (χ1v) is 12.4. The fourth-order valence-electron chi connectivity index (χ4n) is 4.19. The molecule has 1 atom stereocenters. The van der Waals surface area contributed by atoms with Crippen molar-refractivity contribution in [2.24, 2.45) is 0 Å². The summed E-state index contributed by atoms with van der Waals surface area (Å²) < 4.78 is 47.2. The summed E-state index contributed by atoms with van der Waals surface area (Å²) in [5, 5.41) is 3.70. The molecule has 0 N–H and O–H groups in total. The first kappa shape index (κ1) is 24.6.